The average molecular weight is 184 g/mol. The van der Waals surface area contributed by atoms with E-state index < -0.39 is 0 Å². The molecule has 2 saturated carbocycles. The van der Waals surface area contributed by atoms with Crippen molar-refractivity contribution in [2.24, 2.45) is 11.8 Å². The van der Waals surface area contributed by atoms with Gasteiger partial charge in [0.05, 0.1) is 0 Å². The zero-order chi connectivity index (χ0) is 9.31. The minimum Gasteiger partial charge on any atom is -0.251 e. The lowest BCUT2D eigenvalue weighted by Gasteiger charge is -2.37. The first-order valence-electron chi connectivity index (χ1n) is 5.60. The zero-order valence-electron chi connectivity index (χ0n) is 8.46. The fraction of sp³-hybridized carbons (Fsp3) is 1.00. The molecule has 2 heteroatoms. The summed E-state index contributed by atoms with van der Waals surface area (Å²) in [5.74, 6) is 1.22. The summed E-state index contributed by atoms with van der Waals surface area (Å²) in [6, 6.07) is 0. The largest absolute Gasteiger partial charge is 0.251 e. The molecule has 1 N–H and O–H groups in total. The maximum absolute atomic E-state index is 9.05. The third-order valence-corrected chi connectivity index (χ3v) is 4.00. The molecule has 0 radical (unpaired) electrons. The molecule has 1 unspecified atom stereocenters. The average Bonchev–Trinajstić information content (AvgIpc) is 3.02. The van der Waals surface area contributed by atoms with Crippen LogP contribution in [-0.2, 0) is 4.89 Å². The maximum Gasteiger partial charge on any atom is 0.106 e. The van der Waals surface area contributed by atoms with Gasteiger partial charge in [-0.3, -0.25) is 5.26 Å². The van der Waals surface area contributed by atoms with Crippen LogP contribution in [0.25, 0.3) is 0 Å². The number of rotatable bonds is 3. The van der Waals surface area contributed by atoms with E-state index in [1.807, 2.05) is 0 Å². The van der Waals surface area contributed by atoms with Gasteiger partial charge in [0, 0.05) is 0 Å². The van der Waals surface area contributed by atoms with Gasteiger partial charge in [-0.15, -0.1) is 0 Å². The Balaban J connectivity index is 2.00. The van der Waals surface area contributed by atoms with Crippen molar-refractivity contribution in [3.05, 3.63) is 0 Å². The van der Waals surface area contributed by atoms with Crippen molar-refractivity contribution in [1.29, 1.82) is 0 Å². The summed E-state index contributed by atoms with van der Waals surface area (Å²) in [7, 11) is 0. The zero-order valence-corrected chi connectivity index (χ0v) is 8.46. The van der Waals surface area contributed by atoms with Crippen LogP contribution in [0.1, 0.15) is 51.9 Å². The Kier molecular flexibility index (Phi) is 2.61. The van der Waals surface area contributed by atoms with E-state index in [4.69, 9.17) is 10.1 Å². The monoisotopic (exact) mass is 184 g/mol. The highest BCUT2D eigenvalue weighted by atomic mass is 17.1. The van der Waals surface area contributed by atoms with Crippen molar-refractivity contribution in [2.45, 2.75) is 57.5 Å². The lowest BCUT2D eigenvalue weighted by Crippen LogP contribution is -2.40. The Bertz CT molecular complexity index is 171. The number of hydrogen-bond acceptors (Lipinski definition) is 2. The summed E-state index contributed by atoms with van der Waals surface area (Å²) in [4.78, 5) is 4.80. The van der Waals surface area contributed by atoms with Crippen LogP contribution < -0.4 is 0 Å². The van der Waals surface area contributed by atoms with Crippen molar-refractivity contribution in [3.63, 3.8) is 0 Å². The third-order valence-electron chi connectivity index (χ3n) is 4.00. The fourth-order valence-corrected chi connectivity index (χ4v) is 2.81. The first kappa shape index (κ1) is 9.47. The Labute approximate surface area is 80.2 Å². The van der Waals surface area contributed by atoms with Crippen LogP contribution in [0.15, 0.2) is 0 Å². The van der Waals surface area contributed by atoms with E-state index in [-0.39, 0.29) is 5.60 Å². The predicted molar refractivity (Wildman–Crippen MR) is 51.4 cm³/mol. The van der Waals surface area contributed by atoms with E-state index in [0.29, 0.717) is 11.8 Å². The summed E-state index contributed by atoms with van der Waals surface area (Å²) in [5.41, 5.74) is -0.222. The highest BCUT2D eigenvalue weighted by Gasteiger charge is 2.48. The molecular formula is C11H20O2. The van der Waals surface area contributed by atoms with Gasteiger partial charge >= 0.3 is 0 Å². The van der Waals surface area contributed by atoms with Gasteiger partial charge in [-0.2, -0.15) is 0 Å². The molecule has 0 heterocycles. The predicted octanol–water partition coefficient (Wildman–Crippen LogP) is 3.23. The van der Waals surface area contributed by atoms with Gasteiger partial charge in [0.15, 0.2) is 0 Å². The molecule has 0 aromatic rings. The van der Waals surface area contributed by atoms with Gasteiger partial charge < -0.3 is 0 Å². The van der Waals surface area contributed by atoms with Gasteiger partial charge in [-0.25, -0.2) is 4.89 Å². The molecule has 1 atom stereocenters. The smallest absolute Gasteiger partial charge is 0.106 e. The summed E-state index contributed by atoms with van der Waals surface area (Å²) in [6.07, 6.45) is 8.97. The fourth-order valence-electron chi connectivity index (χ4n) is 2.81. The standard InChI is InChI=1S/C11H20O2/c1-11(13-12,10-7-8-10)9-5-3-2-4-6-9/h9-10,12H,2-8H2,1H3. The molecule has 13 heavy (non-hydrogen) atoms. The lowest BCUT2D eigenvalue weighted by atomic mass is 9.75. The van der Waals surface area contributed by atoms with Crippen LogP contribution in [0.5, 0.6) is 0 Å². The van der Waals surface area contributed by atoms with Crippen LogP contribution in [0.2, 0.25) is 0 Å². The second-order valence-electron chi connectivity index (χ2n) is 4.88. The van der Waals surface area contributed by atoms with Crippen molar-refractivity contribution in [1.82, 2.24) is 0 Å². The molecule has 76 valence electrons. The summed E-state index contributed by atoms with van der Waals surface area (Å²) in [5, 5.41) is 9.05. The molecule has 0 aromatic carbocycles. The Hall–Kier alpha value is -0.0800. The van der Waals surface area contributed by atoms with E-state index >= 15 is 0 Å². The molecule has 2 aliphatic rings. The first-order chi connectivity index (χ1) is 6.27. The molecule has 0 aromatic heterocycles. The summed E-state index contributed by atoms with van der Waals surface area (Å²) < 4.78 is 0. The second kappa shape index (κ2) is 3.58. The van der Waals surface area contributed by atoms with Gasteiger partial charge in [-0.05, 0) is 44.4 Å². The molecule has 0 amide bonds. The maximum atomic E-state index is 9.05. The minimum atomic E-state index is -0.222. The highest BCUT2D eigenvalue weighted by molar-refractivity contribution is 4.97. The molecule has 2 fully saturated rings. The molecule has 2 aliphatic carbocycles. The van der Waals surface area contributed by atoms with Crippen molar-refractivity contribution >= 4 is 0 Å². The van der Waals surface area contributed by atoms with Crippen molar-refractivity contribution in [2.75, 3.05) is 0 Å². The quantitative estimate of drug-likeness (QED) is 0.539. The molecule has 0 aliphatic heterocycles. The summed E-state index contributed by atoms with van der Waals surface area (Å²) in [6.45, 7) is 2.10. The Morgan fingerprint density at radius 2 is 1.54 bits per heavy atom. The van der Waals surface area contributed by atoms with Gasteiger partial charge in [-0.1, -0.05) is 19.3 Å². The van der Waals surface area contributed by atoms with Gasteiger partial charge in [0.2, 0.25) is 0 Å². The van der Waals surface area contributed by atoms with Crippen molar-refractivity contribution in [3.8, 4) is 0 Å². The molecule has 0 bridgehead atoms. The highest BCUT2D eigenvalue weighted by Crippen LogP contribution is 2.49. The van der Waals surface area contributed by atoms with Crippen LogP contribution in [-0.4, -0.2) is 10.9 Å². The Morgan fingerprint density at radius 3 is 2.00 bits per heavy atom. The molecule has 2 rings (SSSR count). The Morgan fingerprint density at radius 1 is 1.00 bits per heavy atom. The molecular weight excluding hydrogens is 164 g/mol. The van der Waals surface area contributed by atoms with Crippen LogP contribution in [0, 0.1) is 11.8 Å². The number of hydrogen-bond donors (Lipinski definition) is 1. The third kappa shape index (κ3) is 1.75. The lowest BCUT2D eigenvalue weighted by molar-refractivity contribution is -0.341. The van der Waals surface area contributed by atoms with Crippen LogP contribution >= 0.6 is 0 Å². The van der Waals surface area contributed by atoms with Gasteiger partial charge in [0.25, 0.3) is 0 Å². The van der Waals surface area contributed by atoms with E-state index in [2.05, 4.69) is 6.92 Å². The SMILES string of the molecule is CC(OO)(C1CCCCC1)C1CC1. The van der Waals surface area contributed by atoms with Crippen molar-refractivity contribution < 1.29 is 10.1 Å². The van der Waals surface area contributed by atoms with Crippen LogP contribution in [0.3, 0.4) is 0 Å². The van der Waals surface area contributed by atoms with Gasteiger partial charge in [0.1, 0.15) is 5.60 Å². The van der Waals surface area contributed by atoms with E-state index in [0.717, 1.165) is 0 Å². The molecule has 0 spiro atoms. The van der Waals surface area contributed by atoms with E-state index in [9.17, 15) is 0 Å². The minimum absolute atomic E-state index is 0.222. The topological polar surface area (TPSA) is 29.5 Å². The first-order valence-corrected chi connectivity index (χ1v) is 5.60. The van der Waals surface area contributed by atoms with E-state index in [1.54, 1.807) is 0 Å². The molecule has 0 saturated heterocycles. The summed E-state index contributed by atoms with van der Waals surface area (Å²) >= 11 is 0. The normalized spacial score (nSPS) is 30.0. The van der Waals surface area contributed by atoms with E-state index in [1.165, 1.54) is 44.9 Å². The second-order valence-corrected chi connectivity index (χ2v) is 4.88. The van der Waals surface area contributed by atoms with Crippen LogP contribution in [0.4, 0.5) is 0 Å². The molecule has 2 nitrogen and oxygen atoms in total.